The van der Waals surface area contributed by atoms with Crippen LogP contribution in [0, 0.1) is 0 Å². The van der Waals surface area contributed by atoms with E-state index in [1.807, 2.05) is 6.92 Å². The maximum atomic E-state index is 12.7. The van der Waals surface area contributed by atoms with Crippen LogP contribution in [0.3, 0.4) is 0 Å². The molecule has 1 rings (SSSR count). The molecule has 0 bridgehead atoms. The minimum absolute atomic E-state index is 0.103. The number of hydrogen-bond donors (Lipinski definition) is 1. The first kappa shape index (κ1) is 27.8. The quantitative estimate of drug-likeness (QED) is 0.415. The Hall–Kier alpha value is -1.27. The van der Waals surface area contributed by atoms with Crippen molar-refractivity contribution in [3.63, 3.8) is 0 Å². The Bertz CT molecular complexity index is 673. The van der Waals surface area contributed by atoms with Crippen LogP contribution < -0.4 is 10.1 Å². The van der Waals surface area contributed by atoms with Crippen molar-refractivity contribution < 1.29 is 18.4 Å². The average Bonchev–Trinajstić information content (AvgIpc) is 2.66. The summed E-state index contributed by atoms with van der Waals surface area (Å²) < 4.78 is 18.6. The number of nitrogens with one attached hydrogen (secondary N) is 1. The van der Waals surface area contributed by atoms with E-state index in [0.717, 1.165) is 19.6 Å². The largest absolute Gasteiger partial charge is 0.474 e. The fourth-order valence-electron chi connectivity index (χ4n) is 3.16. The molecule has 1 N–H and O–H groups in total. The van der Waals surface area contributed by atoms with E-state index in [-0.39, 0.29) is 24.7 Å². The van der Waals surface area contributed by atoms with E-state index in [4.69, 9.17) is 13.6 Å². The number of pyridine rings is 1. The highest BCUT2D eigenvalue weighted by atomic mass is 28.4. The smallest absolute Gasteiger partial charge is 0.256 e. The molecule has 0 fully saturated rings. The summed E-state index contributed by atoms with van der Waals surface area (Å²) in [5.41, 5.74) is 0.438. The second kappa shape index (κ2) is 12.7. The van der Waals surface area contributed by atoms with Crippen molar-refractivity contribution in [3.05, 3.63) is 23.9 Å². The predicted molar refractivity (Wildman–Crippen MR) is 132 cm³/mol. The minimum atomic E-state index is -1.82. The number of likely N-dealkylation sites (N-methyl/N-ethyl adjacent to an activating group) is 1. The fraction of sp³-hybridized carbons (Fsp3) is 0.727. The van der Waals surface area contributed by atoms with Gasteiger partial charge in [0.1, 0.15) is 18.3 Å². The number of carbonyl (C=O) groups excluding carboxylic acids is 1. The van der Waals surface area contributed by atoms with Gasteiger partial charge in [-0.1, -0.05) is 13.8 Å². The van der Waals surface area contributed by atoms with Gasteiger partial charge >= 0.3 is 0 Å². The molecule has 0 saturated heterocycles. The summed E-state index contributed by atoms with van der Waals surface area (Å²) in [6, 6.07) is 3.49. The summed E-state index contributed by atoms with van der Waals surface area (Å²) in [6.45, 7) is 22.8. The first-order valence-corrected chi connectivity index (χ1v) is 18.1. The molecule has 9 heteroatoms. The number of rotatable bonds is 14. The number of hydrogen-bond acceptors (Lipinski definition) is 6. The first-order valence-electron chi connectivity index (χ1n) is 11.3. The van der Waals surface area contributed by atoms with E-state index in [9.17, 15) is 4.79 Å². The Labute approximate surface area is 191 Å². The van der Waals surface area contributed by atoms with Crippen LogP contribution in [0.15, 0.2) is 18.3 Å². The standard InChI is InChI=1S/C22H43N3O4Si2/c1-10-25(11-2)16-15-23-21(26)19-13-12-14-24-22(19)27-17-20(29-31(7,8)9)18(3)28-30(4,5)6/h12-14,18,20H,10-11,15-17H2,1-9H3,(H,23,26). The molecule has 0 radical (unpaired) electrons. The van der Waals surface area contributed by atoms with Crippen molar-refractivity contribution in [2.45, 2.75) is 72.3 Å². The zero-order valence-electron chi connectivity index (χ0n) is 20.9. The van der Waals surface area contributed by atoms with Gasteiger partial charge in [-0.3, -0.25) is 4.79 Å². The molecule has 7 nitrogen and oxygen atoms in total. The monoisotopic (exact) mass is 469 g/mol. The lowest BCUT2D eigenvalue weighted by atomic mass is 10.2. The van der Waals surface area contributed by atoms with Gasteiger partial charge in [0, 0.05) is 19.3 Å². The van der Waals surface area contributed by atoms with Crippen molar-refractivity contribution in [2.75, 3.05) is 32.8 Å². The van der Waals surface area contributed by atoms with Gasteiger partial charge in [0.15, 0.2) is 16.6 Å². The Balaban J connectivity index is 2.84. The van der Waals surface area contributed by atoms with E-state index in [0.29, 0.717) is 18.0 Å². The van der Waals surface area contributed by atoms with E-state index < -0.39 is 16.6 Å². The summed E-state index contributed by atoms with van der Waals surface area (Å²) in [7, 11) is -3.55. The summed E-state index contributed by atoms with van der Waals surface area (Å²) in [5, 5.41) is 2.97. The van der Waals surface area contributed by atoms with Crippen LogP contribution in [-0.4, -0.2) is 77.4 Å². The third kappa shape index (κ3) is 11.2. The maximum Gasteiger partial charge on any atom is 0.256 e. The van der Waals surface area contributed by atoms with Gasteiger partial charge < -0.3 is 23.8 Å². The average molecular weight is 470 g/mol. The van der Waals surface area contributed by atoms with Gasteiger partial charge in [0.05, 0.1) is 6.10 Å². The number of ether oxygens (including phenoxy) is 1. The van der Waals surface area contributed by atoms with Crippen LogP contribution in [0.25, 0.3) is 0 Å². The van der Waals surface area contributed by atoms with E-state index >= 15 is 0 Å². The van der Waals surface area contributed by atoms with Gasteiger partial charge in [-0.15, -0.1) is 0 Å². The zero-order chi connectivity index (χ0) is 23.7. The molecule has 0 aromatic carbocycles. The number of aromatic nitrogens is 1. The molecule has 31 heavy (non-hydrogen) atoms. The van der Waals surface area contributed by atoms with Gasteiger partial charge in [-0.25, -0.2) is 4.98 Å². The summed E-state index contributed by atoms with van der Waals surface area (Å²) >= 11 is 0. The molecule has 0 aliphatic heterocycles. The van der Waals surface area contributed by atoms with Gasteiger partial charge in [0.25, 0.3) is 5.91 Å². The van der Waals surface area contributed by atoms with E-state index in [1.54, 1.807) is 18.3 Å². The van der Waals surface area contributed by atoms with Crippen LogP contribution in [-0.2, 0) is 8.85 Å². The molecule has 0 saturated carbocycles. The highest BCUT2D eigenvalue weighted by Gasteiger charge is 2.30. The molecular formula is C22H43N3O4Si2. The van der Waals surface area contributed by atoms with Crippen molar-refractivity contribution >= 4 is 22.5 Å². The third-order valence-electron chi connectivity index (χ3n) is 4.58. The molecule has 1 aromatic heterocycles. The van der Waals surface area contributed by atoms with Gasteiger partial charge in [-0.2, -0.15) is 0 Å². The lowest BCUT2D eigenvalue weighted by Crippen LogP contribution is -2.46. The van der Waals surface area contributed by atoms with Crippen LogP contribution in [0.4, 0.5) is 0 Å². The Morgan fingerprint density at radius 2 is 1.71 bits per heavy atom. The van der Waals surface area contributed by atoms with Crippen LogP contribution >= 0.6 is 0 Å². The SMILES string of the molecule is CCN(CC)CCNC(=O)c1cccnc1OCC(O[Si](C)(C)C)C(C)O[Si](C)(C)C. The normalized spacial score (nSPS) is 14.4. The molecule has 1 aromatic rings. The van der Waals surface area contributed by atoms with Gasteiger partial charge in [0.2, 0.25) is 5.88 Å². The third-order valence-corrected chi connectivity index (χ3v) is 6.66. The number of amides is 1. The molecule has 2 atom stereocenters. The highest BCUT2D eigenvalue weighted by Crippen LogP contribution is 2.20. The number of carbonyl (C=O) groups is 1. The summed E-state index contributed by atoms with van der Waals surface area (Å²) in [6.07, 6.45) is 1.31. The molecule has 2 unspecified atom stereocenters. The minimum Gasteiger partial charge on any atom is -0.474 e. The fourth-order valence-corrected chi connectivity index (χ4v) is 5.59. The van der Waals surface area contributed by atoms with Crippen molar-refractivity contribution in [3.8, 4) is 5.88 Å². The van der Waals surface area contributed by atoms with E-state index in [1.165, 1.54) is 0 Å². The molecule has 1 amide bonds. The first-order chi connectivity index (χ1) is 14.4. The lowest BCUT2D eigenvalue weighted by Gasteiger charge is -2.34. The molecule has 0 spiro atoms. The van der Waals surface area contributed by atoms with Crippen LogP contribution in [0.2, 0.25) is 39.3 Å². The van der Waals surface area contributed by atoms with E-state index in [2.05, 4.69) is 68.3 Å². The second-order valence-corrected chi connectivity index (χ2v) is 18.6. The Morgan fingerprint density at radius 3 is 2.26 bits per heavy atom. The maximum absolute atomic E-state index is 12.7. The van der Waals surface area contributed by atoms with Crippen molar-refractivity contribution in [1.29, 1.82) is 0 Å². The topological polar surface area (TPSA) is 72.9 Å². The Morgan fingerprint density at radius 1 is 1.10 bits per heavy atom. The predicted octanol–water partition coefficient (Wildman–Crippen LogP) is 3.99. The molecule has 178 valence electrons. The van der Waals surface area contributed by atoms with Gasteiger partial charge in [-0.05, 0) is 71.4 Å². The van der Waals surface area contributed by atoms with Crippen molar-refractivity contribution in [2.24, 2.45) is 0 Å². The number of nitrogens with zero attached hydrogens (tertiary/aromatic N) is 2. The van der Waals surface area contributed by atoms with Crippen molar-refractivity contribution in [1.82, 2.24) is 15.2 Å². The van der Waals surface area contributed by atoms with Crippen LogP contribution in [0.5, 0.6) is 5.88 Å². The molecule has 0 aliphatic carbocycles. The summed E-state index contributed by atoms with van der Waals surface area (Å²) in [5.74, 6) is 0.150. The molecule has 1 heterocycles. The molecule has 0 aliphatic rings. The second-order valence-electron chi connectivity index (χ2n) is 9.65. The zero-order valence-corrected chi connectivity index (χ0v) is 22.9. The summed E-state index contributed by atoms with van der Waals surface area (Å²) in [4.78, 5) is 19.3. The lowest BCUT2D eigenvalue weighted by molar-refractivity contribution is 0.0221. The Kier molecular flexibility index (Phi) is 11.4. The molecular weight excluding hydrogens is 426 g/mol. The highest BCUT2D eigenvalue weighted by molar-refractivity contribution is 6.70. The van der Waals surface area contributed by atoms with Crippen LogP contribution in [0.1, 0.15) is 31.1 Å².